The maximum Gasteiger partial charge on any atom is 0.410 e. The van der Waals surface area contributed by atoms with Gasteiger partial charge in [-0.1, -0.05) is 60.7 Å². The Hall–Kier alpha value is -2.62. The Morgan fingerprint density at radius 3 is 2.17 bits per heavy atom. The SMILES string of the molecule is O=CCCCN(Cc1ccccc1)C(=O)OCc1ccccc1. The number of rotatable bonds is 8. The second-order valence-electron chi connectivity index (χ2n) is 5.26. The minimum Gasteiger partial charge on any atom is -0.445 e. The van der Waals surface area contributed by atoms with Crippen LogP contribution in [0.4, 0.5) is 4.79 Å². The molecule has 0 radical (unpaired) electrons. The van der Waals surface area contributed by atoms with Gasteiger partial charge in [-0.05, 0) is 17.5 Å². The van der Waals surface area contributed by atoms with Crippen molar-refractivity contribution in [3.05, 3.63) is 71.8 Å². The Morgan fingerprint density at radius 1 is 0.957 bits per heavy atom. The van der Waals surface area contributed by atoms with Crippen molar-refractivity contribution < 1.29 is 14.3 Å². The molecule has 23 heavy (non-hydrogen) atoms. The second kappa shape index (κ2) is 9.41. The van der Waals surface area contributed by atoms with E-state index in [1.807, 2.05) is 60.7 Å². The molecular weight excluding hydrogens is 290 g/mol. The molecule has 0 saturated carbocycles. The van der Waals surface area contributed by atoms with Gasteiger partial charge in [0.1, 0.15) is 12.9 Å². The highest BCUT2D eigenvalue weighted by Gasteiger charge is 2.15. The Bertz CT molecular complexity index is 599. The van der Waals surface area contributed by atoms with Gasteiger partial charge < -0.3 is 14.4 Å². The minimum absolute atomic E-state index is 0.249. The number of unbranched alkanes of at least 4 members (excludes halogenated alkanes) is 1. The quantitative estimate of drug-likeness (QED) is 0.550. The van der Waals surface area contributed by atoms with Gasteiger partial charge in [0.05, 0.1) is 0 Å². The van der Waals surface area contributed by atoms with E-state index in [1.54, 1.807) is 4.90 Å². The van der Waals surface area contributed by atoms with Crippen LogP contribution in [-0.2, 0) is 22.7 Å². The zero-order valence-corrected chi connectivity index (χ0v) is 13.1. The zero-order valence-electron chi connectivity index (χ0n) is 13.1. The van der Waals surface area contributed by atoms with E-state index in [-0.39, 0.29) is 12.7 Å². The number of aldehydes is 1. The van der Waals surface area contributed by atoms with E-state index in [0.29, 0.717) is 25.9 Å². The molecule has 4 heteroatoms. The van der Waals surface area contributed by atoms with E-state index in [9.17, 15) is 9.59 Å². The maximum atomic E-state index is 12.3. The fraction of sp³-hybridized carbons (Fsp3) is 0.263. The molecule has 2 rings (SSSR count). The fourth-order valence-corrected chi connectivity index (χ4v) is 2.21. The number of hydrogen-bond acceptors (Lipinski definition) is 3. The van der Waals surface area contributed by atoms with Crippen molar-refractivity contribution in [2.75, 3.05) is 6.54 Å². The highest BCUT2D eigenvalue weighted by atomic mass is 16.6. The number of nitrogens with zero attached hydrogens (tertiary/aromatic N) is 1. The first-order valence-electron chi connectivity index (χ1n) is 7.73. The number of carbonyl (C=O) groups excluding carboxylic acids is 2. The monoisotopic (exact) mass is 311 g/mol. The van der Waals surface area contributed by atoms with E-state index in [1.165, 1.54) is 0 Å². The lowest BCUT2D eigenvalue weighted by molar-refractivity contribution is -0.108. The Balaban J connectivity index is 1.94. The Morgan fingerprint density at radius 2 is 1.57 bits per heavy atom. The molecule has 0 unspecified atom stereocenters. The topological polar surface area (TPSA) is 46.6 Å². The summed E-state index contributed by atoms with van der Waals surface area (Å²) in [6.45, 7) is 1.23. The van der Waals surface area contributed by atoms with Crippen LogP contribution in [0.5, 0.6) is 0 Å². The number of carbonyl (C=O) groups is 2. The second-order valence-corrected chi connectivity index (χ2v) is 5.26. The molecule has 2 aromatic rings. The van der Waals surface area contributed by atoms with Crippen molar-refractivity contribution in [3.63, 3.8) is 0 Å². The molecule has 1 amide bonds. The van der Waals surface area contributed by atoms with Crippen molar-refractivity contribution in [1.29, 1.82) is 0 Å². The zero-order chi connectivity index (χ0) is 16.3. The average molecular weight is 311 g/mol. The summed E-state index contributed by atoms with van der Waals surface area (Å²) in [6, 6.07) is 19.3. The Labute approximate surface area is 136 Å². The molecule has 4 nitrogen and oxygen atoms in total. The molecule has 0 spiro atoms. The molecular formula is C19H21NO3. The Kier molecular flexibility index (Phi) is 6.85. The first kappa shape index (κ1) is 16.7. The molecule has 0 aliphatic rings. The predicted molar refractivity (Wildman–Crippen MR) is 88.8 cm³/mol. The summed E-state index contributed by atoms with van der Waals surface area (Å²) in [6.07, 6.45) is 1.59. The molecule has 0 saturated heterocycles. The summed E-state index contributed by atoms with van der Waals surface area (Å²) in [5, 5.41) is 0. The molecule has 0 N–H and O–H groups in total. The van der Waals surface area contributed by atoms with Crippen LogP contribution >= 0.6 is 0 Å². The maximum absolute atomic E-state index is 12.3. The highest BCUT2D eigenvalue weighted by molar-refractivity contribution is 5.67. The lowest BCUT2D eigenvalue weighted by Gasteiger charge is -2.22. The van der Waals surface area contributed by atoms with Gasteiger partial charge in [0.25, 0.3) is 0 Å². The summed E-state index contributed by atoms with van der Waals surface area (Å²) < 4.78 is 5.39. The van der Waals surface area contributed by atoms with E-state index in [0.717, 1.165) is 17.4 Å². The van der Waals surface area contributed by atoms with E-state index in [4.69, 9.17) is 4.74 Å². The lowest BCUT2D eigenvalue weighted by Crippen LogP contribution is -2.32. The first-order chi connectivity index (χ1) is 11.3. The molecule has 0 fully saturated rings. The minimum atomic E-state index is -0.358. The summed E-state index contributed by atoms with van der Waals surface area (Å²) in [5.74, 6) is 0. The van der Waals surface area contributed by atoms with Crippen LogP contribution < -0.4 is 0 Å². The van der Waals surface area contributed by atoms with Crippen LogP contribution in [-0.4, -0.2) is 23.8 Å². The van der Waals surface area contributed by atoms with Gasteiger partial charge in [-0.25, -0.2) is 4.79 Å². The number of hydrogen-bond donors (Lipinski definition) is 0. The van der Waals surface area contributed by atoms with Crippen LogP contribution in [0.3, 0.4) is 0 Å². The first-order valence-corrected chi connectivity index (χ1v) is 7.73. The van der Waals surface area contributed by atoms with Crippen LogP contribution in [0.25, 0.3) is 0 Å². The lowest BCUT2D eigenvalue weighted by atomic mass is 10.2. The van der Waals surface area contributed by atoms with Gasteiger partial charge in [0, 0.05) is 19.5 Å². The largest absolute Gasteiger partial charge is 0.445 e. The van der Waals surface area contributed by atoms with Crippen LogP contribution in [0.15, 0.2) is 60.7 Å². The molecule has 0 heterocycles. The molecule has 2 aromatic carbocycles. The third-order valence-electron chi connectivity index (χ3n) is 3.43. The molecule has 0 aliphatic carbocycles. The van der Waals surface area contributed by atoms with Crippen molar-refractivity contribution in [1.82, 2.24) is 4.90 Å². The van der Waals surface area contributed by atoms with Gasteiger partial charge in [-0.3, -0.25) is 0 Å². The van der Waals surface area contributed by atoms with Crippen molar-refractivity contribution in [2.24, 2.45) is 0 Å². The average Bonchev–Trinajstić information content (AvgIpc) is 2.61. The molecule has 120 valence electrons. The number of ether oxygens (including phenoxy) is 1. The molecule has 0 bridgehead atoms. The van der Waals surface area contributed by atoms with E-state index < -0.39 is 0 Å². The van der Waals surface area contributed by atoms with Crippen molar-refractivity contribution >= 4 is 12.4 Å². The van der Waals surface area contributed by atoms with E-state index >= 15 is 0 Å². The van der Waals surface area contributed by atoms with Gasteiger partial charge in [-0.15, -0.1) is 0 Å². The van der Waals surface area contributed by atoms with Gasteiger partial charge in [0.2, 0.25) is 0 Å². The smallest absolute Gasteiger partial charge is 0.410 e. The predicted octanol–water partition coefficient (Wildman–Crippen LogP) is 3.80. The third kappa shape index (κ3) is 5.94. The summed E-state index contributed by atoms with van der Waals surface area (Å²) in [4.78, 5) is 24.5. The fourth-order valence-electron chi connectivity index (χ4n) is 2.21. The highest BCUT2D eigenvalue weighted by Crippen LogP contribution is 2.09. The summed E-state index contributed by atoms with van der Waals surface area (Å²) >= 11 is 0. The number of benzene rings is 2. The molecule has 0 aliphatic heterocycles. The van der Waals surface area contributed by atoms with Gasteiger partial charge in [0.15, 0.2) is 0 Å². The molecule has 0 atom stereocenters. The summed E-state index contributed by atoms with van der Waals surface area (Å²) in [5.41, 5.74) is 1.99. The third-order valence-corrected chi connectivity index (χ3v) is 3.43. The van der Waals surface area contributed by atoms with Crippen LogP contribution in [0.1, 0.15) is 24.0 Å². The standard InChI is InChI=1S/C19H21NO3/c21-14-8-7-13-20(15-17-9-3-1-4-10-17)19(22)23-16-18-11-5-2-6-12-18/h1-6,9-12,14H,7-8,13,15-16H2. The normalized spacial score (nSPS) is 10.1. The van der Waals surface area contributed by atoms with Gasteiger partial charge >= 0.3 is 6.09 Å². The van der Waals surface area contributed by atoms with Crippen molar-refractivity contribution in [2.45, 2.75) is 26.0 Å². The van der Waals surface area contributed by atoms with Crippen LogP contribution in [0.2, 0.25) is 0 Å². The number of amides is 1. The van der Waals surface area contributed by atoms with E-state index in [2.05, 4.69) is 0 Å². The van der Waals surface area contributed by atoms with Crippen molar-refractivity contribution in [3.8, 4) is 0 Å². The van der Waals surface area contributed by atoms with Gasteiger partial charge in [-0.2, -0.15) is 0 Å². The van der Waals surface area contributed by atoms with Crippen LogP contribution in [0, 0.1) is 0 Å². The molecule has 0 aromatic heterocycles. The summed E-state index contributed by atoms with van der Waals surface area (Å²) in [7, 11) is 0.